The average Bonchev–Trinajstić information content (AvgIpc) is 3.11. The van der Waals surface area contributed by atoms with Crippen molar-refractivity contribution in [2.75, 3.05) is 26.8 Å². The second-order valence-corrected chi connectivity index (χ2v) is 7.26. The quantitative estimate of drug-likeness (QED) is 0.603. The number of aliphatic imine (C=N–C) groups is 1. The van der Waals surface area contributed by atoms with Gasteiger partial charge in [-0.2, -0.15) is 0 Å². The van der Waals surface area contributed by atoms with Gasteiger partial charge in [0.05, 0.1) is 12.2 Å². The largest absolute Gasteiger partial charge is 0.378 e. The van der Waals surface area contributed by atoms with E-state index >= 15 is 0 Å². The topological polar surface area (TPSA) is 54.9 Å². The normalized spacial score (nSPS) is 33.5. The van der Waals surface area contributed by atoms with E-state index in [1.807, 2.05) is 7.05 Å². The van der Waals surface area contributed by atoms with Crippen LogP contribution in [0.4, 0.5) is 0 Å². The van der Waals surface area contributed by atoms with Crippen LogP contribution in [0.25, 0.3) is 0 Å². The zero-order chi connectivity index (χ0) is 16.1. The molecule has 0 amide bonds. The van der Waals surface area contributed by atoms with Gasteiger partial charge in [0.1, 0.15) is 0 Å². The number of nitrogens with zero attached hydrogens (tertiary/aromatic N) is 1. The summed E-state index contributed by atoms with van der Waals surface area (Å²) in [5, 5.41) is 7.13. The molecule has 0 aromatic heterocycles. The van der Waals surface area contributed by atoms with E-state index in [1.54, 1.807) is 0 Å². The van der Waals surface area contributed by atoms with E-state index in [4.69, 9.17) is 9.47 Å². The summed E-state index contributed by atoms with van der Waals surface area (Å²) in [7, 11) is 1.86. The Morgan fingerprint density at radius 2 is 2.09 bits per heavy atom. The third-order valence-electron chi connectivity index (χ3n) is 5.99. The summed E-state index contributed by atoms with van der Waals surface area (Å²) in [4.78, 5) is 4.42. The Hall–Kier alpha value is -0.810. The number of nitrogens with one attached hydrogen (secondary N) is 2. The minimum atomic E-state index is 0.329. The maximum absolute atomic E-state index is 6.04. The van der Waals surface area contributed by atoms with E-state index in [0.29, 0.717) is 23.7 Å². The molecule has 2 saturated carbocycles. The number of rotatable bonds is 5. The molecule has 3 fully saturated rings. The lowest BCUT2D eigenvalue weighted by Gasteiger charge is -2.58. The Balaban J connectivity index is 1.54. The zero-order valence-electron chi connectivity index (χ0n) is 14.8. The highest BCUT2D eigenvalue weighted by Gasteiger charge is 2.55. The molecule has 23 heavy (non-hydrogen) atoms. The molecular formula is C18H33N3O2. The molecule has 3 rings (SSSR count). The standard InChI is InChI=1S/C18H33N3O2/c1-3-22-16-12-15(18(16)9-5-4-6-10-18)21-17(19-2)20-13-14-8-7-11-23-14/h14-16H,3-13H2,1-2H3,(H2,19,20,21). The Morgan fingerprint density at radius 1 is 1.26 bits per heavy atom. The molecule has 1 aliphatic heterocycles. The van der Waals surface area contributed by atoms with Crippen molar-refractivity contribution < 1.29 is 9.47 Å². The highest BCUT2D eigenvalue weighted by molar-refractivity contribution is 5.80. The van der Waals surface area contributed by atoms with Gasteiger partial charge in [0.15, 0.2) is 5.96 Å². The minimum absolute atomic E-state index is 0.329. The first-order valence-electron chi connectivity index (χ1n) is 9.49. The van der Waals surface area contributed by atoms with Crippen molar-refractivity contribution in [2.45, 2.75) is 76.5 Å². The predicted octanol–water partition coefficient (Wildman–Crippen LogP) is 2.46. The summed E-state index contributed by atoms with van der Waals surface area (Å²) in [6.45, 7) is 4.69. The molecule has 0 aromatic carbocycles. The summed E-state index contributed by atoms with van der Waals surface area (Å²) in [5.74, 6) is 0.922. The molecule has 3 unspecified atom stereocenters. The van der Waals surface area contributed by atoms with Crippen LogP contribution < -0.4 is 10.6 Å². The highest BCUT2D eigenvalue weighted by atomic mass is 16.5. The molecule has 5 nitrogen and oxygen atoms in total. The lowest BCUT2D eigenvalue weighted by Crippen LogP contribution is -2.66. The third kappa shape index (κ3) is 3.66. The van der Waals surface area contributed by atoms with Crippen LogP contribution in [0.3, 0.4) is 0 Å². The average molecular weight is 323 g/mol. The second kappa shape index (κ2) is 7.84. The van der Waals surface area contributed by atoms with Gasteiger partial charge in [-0.15, -0.1) is 0 Å². The van der Waals surface area contributed by atoms with Crippen molar-refractivity contribution in [3.05, 3.63) is 0 Å². The fourth-order valence-electron chi connectivity index (χ4n) is 4.64. The molecule has 1 spiro atoms. The van der Waals surface area contributed by atoms with Crippen molar-refractivity contribution in [1.82, 2.24) is 10.6 Å². The Kier molecular flexibility index (Phi) is 5.81. The minimum Gasteiger partial charge on any atom is -0.378 e. The number of hydrogen-bond donors (Lipinski definition) is 2. The molecule has 0 radical (unpaired) electrons. The van der Waals surface area contributed by atoms with Gasteiger partial charge >= 0.3 is 0 Å². The molecule has 1 saturated heterocycles. The third-order valence-corrected chi connectivity index (χ3v) is 5.99. The number of hydrogen-bond acceptors (Lipinski definition) is 3. The van der Waals surface area contributed by atoms with Crippen molar-refractivity contribution in [2.24, 2.45) is 10.4 Å². The van der Waals surface area contributed by atoms with Gasteiger partial charge in [-0.25, -0.2) is 0 Å². The molecule has 2 N–H and O–H groups in total. The molecule has 2 aliphatic carbocycles. The van der Waals surface area contributed by atoms with Crippen LogP contribution in [0.5, 0.6) is 0 Å². The van der Waals surface area contributed by atoms with Gasteiger partial charge in [-0.3, -0.25) is 4.99 Å². The summed E-state index contributed by atoms with van der Waals surface area (Å²) < 4.78 is 11.7. The molecule has 0 bridgehead atoms. The van der Waals surface area contributed by atoms with Gasteiger partial charge in [0, 0.05) is 38.3 Å². The molecule has 3 atom stereocenters. The van der Waals surface area contributed by atoms with Gasteiger partial charge in [-0.1, -0.05) is 19.3 Å². The van der Waals surface area contributed by atoms with Crippen LogP contribution in [-0.4, -0.2) is 51.0 Å². The Bertz CT molecular complexity index is 401. The lowest BCUT2D eigenvalue weighted by atomic mass is 9.55. The van der Waals surface area contributed by atoms with Crippen LogP contribution >= 0.6 is 0 Å². The maximum atomic E-state index is 6.04. The van der Waals surface area contributed by atoms with E-state index in [9.17, 15) is 0 Å². The van der Waals surface area contributed by atoms with Crippen molar-refractivity contribution >= 4 is 5.96 Å². The molecule has 0 aromatic rings. The van der Waals surface area contributed by atoms with Gasteiger partial charge in [0.2, 0.25) is 0 Å². The summed E-state index contributed by atoms with van der Waals surface area (Å²) in [6, 6.07) is 0.495. The molecule has 3 aliphatic rings. The molecular weight excluding hydrogens is 290 g/mol. The number of guanidine groups is 1. The van der Waals surface area contributed by atoms with E-state index in [2.05, 4.69) is 22.5 Å². The number of ether oxygens (including phenoxy) is 2. The van der Waals surface area contributed by atoms with Crippen LogP contribution in [0, 0.1) is 5.41 Å². The fraction of sp³-hybridized carbons (Fsp3) is 0.944. The van der Waals surface area contributed by atoms with Crippen molar-refractivity contribution in [3.63, 3.8) is 0 Å². The summed E-state index contributed by atoms with van der Waals surface area (Å²) in [6.07, 6.45) is 10.8. The fourth-order valence-corrected chi connectivity index (χ4v) is 4.64. The Labute approximate surface area is 140 Å². The lowest BCUT2D eigenvalue weighted by molar-refractivity contribution is -0.145. The molecule has 5 heteroatoms. The van der Waals surface area contributed by atoms with Gasteiger partial charge in [0.25, 0.3) is 0 Å². The maximum Gasteiger partial charge on any atom is 0.191 e. The molecule has 1 heterocycles. The first kappa shape index (κ1) is 17.0. The van der Waals surface area contributed by atoms with Crippen molar-refractivity contribution in [1.29, 1.82) is 0 Å². The Morgan fingerprint density at radius 3 is 2.74 bits per heavy atom. The van der Waals surface area contributed by atoms with E-state index in [1.165, 1.54) is 38.5 Å². The van der Waals surface area contributed by atoms with E-state index < -0.39 is 0 Å². The molecule has 132 valence electrons. The predicted molar refractivity (Wildman–Crippen MR) is 92.8 cm³/mol. The van der Waals surface area contributed by atoms with E-state index in [-0.39, 0.29) is 0 Å². The van der Waals surface area contributed by atoms with Gasteiger partial charge < -0.3 is 20.1 Å². The first-order chi connectivity index (χ1) is 11.3. The SMILES string of the molecule is CCOC1CC(NC(=NC)NCC2CCCO2)C12CCCCC2. The van der Waals surface area contributed by atoms with Crippen LogP contribution in [0.15, 0.2) is 4.99 Å². The first-order valence-corrected chi connectivity index (χ1v) is 9.49. The van der Waals surface area contributed by atoms with E-state index in [0.717, 1.165) is 38.6 Å². The van der Waals surface area contributed by atoms with Crippen LogP contribution in [-0.2, 0) is 9.47 Å². The van der Waals surface area contributed by atoms with Crippen molar-refractivity contribution in [3.8, 4) is 0 Å². The van der Waals surface area contributed by atoms with Gasteiger partial charge in [-0.05, 0) is 39.0 Å². The summed E-state index contributed by atoms with van der Waals surface area (Å²) in [5.41, 5.74) is 0.329. The van der Waals surface area contributed by atoms with Crippen LogP contribution in [0.1, 0.15) is 58.3 Å². The smallest absolute Gasteiger partial charge is 0.191 e. The second-order valence-electron chi connectivity index (χ2n) is 7.26. The highest BCUT2D eigenvalue weighted by Crippen LogP contribution is 2.53. The van der Waals surface area contributed by atoms with Crippen LogP contribution in [0.2, 0.25) is 0 Å². The summed E-state index contributed by atoms with van der Waals surface area (Å²) >= 11 is 0. The zero-order valence-corrected chi connectivity index (χ0v) is 14.8. The monoisotopic (exact) mass is 323 g/mol.